The maximum absolute atomic E-state index is 12.7. The van der Waals surface area contributed by atoms with Crippen molar-refractivity contribution in [3.63, 3.8) is 0 Å². The topological polar surface area (TPSA) is 108 Å². The first kappa shape index (κ1) is 13.1. The van der Waals surface area contributed by atoms with Gasteiger partial charge in [0, 0.05) is 24.5 Å². The SMILES string of the molecule is O=c1c2cnc3ncnn3c2ccn1-c1cccc([N+](=O)[O-])c1. The number of rotatable bonds is 2. The molecule has 0 spiro atoms. The Labute approximate surface area is 127 Å². The third-order valence-electron chi connectivity index (χ3n) is 3.49. The summed E-state index contributed by atoms with van der Waals surface area (Å²) in [5.41, 5.74) is 0.552. The van der Waals surface area contributed by atoms with Crippen LogP contribution in [0.15, 0.2) is 53.8 Å². The number of nitro benzene ring substituents is 1. The van der Waals surface area contributed by atoms with Crippen molar-refractivity contribution >= 4 is 22.4 Å². The molecule has 0 saturated heterocycles. The fraction of sp³-hybridized carbons (Fsp3) is 0. The van der Waals surface area contributed by atoms with Gasteiger partial charge in [-0.3, -0.25) is 19.5 Å². The number of nitrogens with zero attached hydrogens (tertiary/aromatic N) is 6. The standard InChI is InChI=1S/C14H8N6O3/c21-13-11-7-15-14-16-8-17-19(14)12(11)4-5-18(13)9-2-1-3-10(6-9)20(22)23/h1-8H. The van der Waals surface area contributed by atoms with Crippen molar-refractivity contribution in [1.82, 2.24) is 24.1 Å². The molecule has 0 unspecified atom stereocenters. The highest BCUT2D eigenvalue weighted by Gasteiger charge is 2.12. The molecule has 0 radical (unpaired) electrons. The summed E-state index contributed by atoms with van der Waals surface area (Å²) in [6.45, 7) is 0. The minimum Gasteiger partial charge on any atom is -0.283 e. The van der Waals surface area contributed by atoms with Gasteiger partial charge in [-0.1, -0.05) is 6.07 Å². The van der Waals surface area contributed by atoms with Crippen molar-refractivity contribution in [3.05, 3.63) is 69.5 Å². The van der Waals surface area contributed by atoms with Crippen LogP contribution in [0.25, 0.3) is 22.4 Å². The zero-order valence-electron chi connectivity index (χ0n) is 11.5. The van der Waals surface area contributed by atoms with Crippen LogP contribution in [0.4, 0.5) is 5.69 Å². The van der Waals surface area contributed by atoms with Gasteiger partial charge < -0.3 is 0 Å². The maximum Gasteiger partial charge on any atom is 0.271 e. The highest BCUT2D eigenvalue weighted by molar-refractivity contribution is 5.78. The van der Waals surface area contributed by atoms with Crippen molar-refractivity contribution in [2.24, 2.45) is 0 Å². The number of pyridine rings is 1. The minimum atomic E-state index is -0.504. The number of non-ortho nitro benzene ring substituents is 1. The lowest BCUT2D eigenvalue weighted by Gasteiger charge is -2.07. The first-order valence-corrected chi connectivity index (χ1v) is 6.60. The summed E-state index contributed by atoms with van der Waals surface area (Å²) in [4.78, 5) is 31.1. The van der Waals surface area contributed by atoms with Crippen molar-refractivity contribution in [1.29, 1.82) is 0 Å². The van der Waals surface area contributed by atoms with Crippen molar-refractivity contribution < 1.29 is 4.92 Å². The second-order valence-corrected chi connectivity index (χ2v) is 4.80. The predicted octanol–water partition coefficient (Wildman–Crippen LogP) is 1.34. The molecule has 0 aliphatic rings. The fourth-order valence-corrected chi connectivity index (χ4v) is 2.42. The summed E-state index contributed by atoms with van der Waals surface area (Å²) in [5.74, 6) is 0.394. The van der Waals surface area contributed by atoms with Crippen LogP contribution in [-0.4, -0.2) is 29.1 Å². The molecule has 9 nitrogen and oxygen atoms in total. The van der Waals surface area contributed by atoms with E-state index in [1.165, 1.54) is 39.8 Å². The van der Waals surface area contributed by atoms with Crippen LogP contribution < -0.4 is 5.56 Å². The first-order valence-electron chi connectivity index (χ1n) is 6.60. The number of benzene rings is 1. The van der Waals surface area contributed by atoms with E-state index in [-0.39, 0.29) is 11.2 Å². The molecule has 0 aliphatic carbocycles. The number of aromatic nitrogens is 5. The molecule has 4 rings (SSSR count). The van der Waals surface area contributed by atoms with E-state index >= 15 is 0 Å². The smallest absolute Gasteiger partial charge is 0.271 e. The third-order valence-corrected chi connectivity index (χ3v) is 3.49. The third kappa shape index (κ3) is 1.94. The average Bonchev–Trinajstić information content (AvgIpc) is 3.04. The Morgan fingerprint density at radius 3 is 2.87 bits per heavy atom. The molecule has 0 N–H and O–H groups in total. The molecule has 1 aromatic carbocycles. The summed E-state index contributed by atoms with van der Waals surface area (Å²) < 4.78 is 2.80. The molecule has 4 aromatic rings. The van der Waals surface area contributed by atoms with E-state index < -0.39 is 4.92 Å². The molecule has 0 bridgehead atoms. The van der Waals surface area contributed by atoms with Gasteiger partial charge >= 0.3 is 0 Å². The van der Waals surface area contributed by atoms with E-state index in [9.17, 15) is 14.9 Å². The average molecular weight is 308 g/mol. The van der Waals surface area contributed by atoms with Gasteiger partial charge in [-0.2, -0.15) is 14.6 Å². The molecular formula is C14H8N6O3. The van der Waals surface area contributed by atoms with Gasteiger partial charge in [0.25, 0.3) is 17.0 Å². The molecule has 9 heteroatoms. The van der Waals surface area contributed by atoms with E-state index in [4.69, 9.17) is 0 Å². The Bertz CT molecular complexity index is 1130. The van der Waals surface area contributed by atoms with Crippen LogP contribution in [0.2, 0.25) is 0 Å². The molecule has 0 fully saturated rings. The second-order valence-electron chi connectivity index (χ2n) is 4.80. The van der Waals surface area contributed by atoms with E-state index in [1.54, 1.807) is 18.3 Å². The Kier molecular flexibility index (Phi) is 2.67. The van der Waals surface area contributed by atoms with E-state index in [0.717, 1.165) is 0 Å². The van der Waals surface area contributed by atoms with Gasteiger partial charge in [0.15, 0.2) is 0 Å². The van der Waals surface area contributed by atoms with Crippen LogP contribution in [0.5, 0.6) is 0 Å². The predicted molar refractivity (Wildman–Crippen MR) is 80.5 cm³/mol. The van der Waals surface area contributed by atoms with Crippen LogP contribution in [0.1, 0.15) is 0 Å². The van der Waals surface area contributed by atoms with Crippen molar-refractivity contribution in [2.75, 3.05) is 0 Å². The Balaban J connectivity index is 2.00. The van der Waals surface area contributed by atoms with Gasteiger partial charge in [0.05, 0.1) is 21.5 Å². The molecule has 112 valence electrons. The fourth-order valence-electron chi connectivity index (χ4n) is 2.42. The summed E-state index contributed by atoms with van der Waals surface area (Å²) >= 11 is 0. The summed E-state index contributed by atoms with van der Waals surface area (Å²) in [5, 5.41) is 15.3. The van der Waals surface area contributed by atoms with Crippen molar-refractivity contribution in [3.8, 4) is 5.69 Å². The number of hydrogen-bond acceptors (Lipinski definition) is 6. The Hall–Kier alpha value is -3.62. The van der Waals surface area contributed by atoms with Crippen LogP contribution in [-0.2, 0) is 0 Å². The summed E-state index contributed by atoms with van der Waals surface area (Å²) in [7, 11) is 0. The quantitative estimate of drug-likeness (QED) is 0.408. The van der Waals surface area contributed by atoms with Crippen LogP contribution >= 0.6 is 0 Å². The van der Waals surface area contributed by atoms with Crippen LogP contribution in [0.3, 0.4) is 0 Å². The van der Waals surface area contributed by atoms with Gasteiger partial charge in [0.1, 0.15) is 6.33 Å². The van der Waals surface area contributed by atoms with Crippen molar-refractivity contribution in [2.45, 2.75) is 0 Å². The number of nitro groups is 1. The molecule has 23 heavy (non-hydrogen) atoms. The van der Waals surface area contributed by atoms with Gasteiger partial charge in [0.2, 0.25) is 0 Å². The van der Waals surface area contributed by atoms with E-state index in [1.807, 2.05) is 0 Å². The Morgan fingerprint density at radius 1 is 1.17 bits per heavy atom. The monoisotopic (exact) mass is 308 g/mol. The van der Waals surface area contributed by atoms with Crippen LogP contribution in [0, 0.1) is 10.1 Å². The molecule has 0 atom stereocenters. The number of fused-ring (bicyclic) bond motifs is 3. The zero-order chi connectivity index (χ0) is 16.0. The highest BCUT2D eigenvalue weighted by atomic mass is 16.6. The van der Waals surface area contributed by atoms with E-state index in [0.29, 0.717) is 22.4 Å². The molecule has 3 aromatic heterocycles. The lowest BCUT2D eigenvalue weighted by molar-refractivity contribution is -0.384. The molecule has 3 heterocycles. The Morgan fingerprint density at radius 2 is 2.04 bits per heavy atom. The van der Waals surface area contributed by atoms with Gasteiger partial charge in [-0.05, 0) is 12.1 Å². The lowest BCUT2D eigenvalue weighted by atomic mass is 10.2. The summed E-state index contributed by atoms with van der Waals surface area (Å²) in [6.07, 6.45) is 4.33. The largest absolute Gasteiger partial charge is 0.283 e. The normalized spacial score (nSPS) is 11.1. The molecular weight excluding hydrogens is 300 g/mol. The zero-order valence-corrected chi connectivity index (χ0v) is 11.5. The maximum atomic E-state index is 12.7. The molecule has 0 aliphatic heterocycles. The molecule has 0 saturated carbocycles. The van der Waals surface area contributed by atoms with E-state index in [2.05, 4.69) is 15.1 Å². The number of hydrogen-bond donors (Lipinski definition) is 0. The van der Waals surface area contributed by atoms with Gasteiger partial charge in [-0.15, -0.1) is 0 Å². The second kappa shape index (κ2) is 4.70. The van der Waals surface area contributed by atoms with Gasteiger partial charge in [-0.25, -0.2) is 4.98 Å². The first-order chi connectivity index (χ1) is 11.1. The highest BCUT2D eigenvalue weighted by Crippen LogP contribution is 2.17. The minimum absolute atomic E-state index is 0.0839. The summed E-state index contributed by atoms with van der Waals surface area (Å²) in [6, 6.07) is 7.56. The molecule has 0 amide bonds. The lowest BCUT2D eigenvalue weighted by Crippen LogP contribution is -2.19.